The number of ether oxygens (including phenoxy) is 2. The van der Waals surface area contributed by atoms with Crippen LogP contribution in [0.5, 0.6) is 11.5 Å². The Hall–Kier alpha value is -5.07. The summed E-state index contributed by atoms with van der Waals surface area (Å²) in [5.74, 6) is 0.318. The highest BCUT2D eigenvalue weighted by atomic mass is 16.5. The number of nitrogens with one attached hydrogen (secondary N) is 2. The van der Waals surface area contributed by atoms with Gasteiger partial charge in [-0.3, -0.25) is 24.2 Å². The zero-order valence-corrected chi connectivity index (χ0v) is 26.6. The van der Waals surface area contributed by atoms with Gasteiger partial charge < -0.3 is 39.0 Å². The van der Waals surface area contributed by atoms with Crippen LogP contribution in [0.15, 0.2) is 41.7 Å². The van der Waals surface area contributed by atoms with Crippen molar-refractivity contribution in [3.8, 4) is 11.5 Å². The molecule has 4 amide bonds. The van der Waals surface area contributed by atoms with Gasteiger partial charge in [0.05, 0.1) is 36.8 Å². The molecule has 1 unspecified atom stereocenters. The van der Waals surface area contributed by atoms with Crippen molar-refractivity contribution in [2.24, 2.45) is 19.1 Å². The van der Waals surface area contributed by atoms with Crippen LogP contribution in [-0.4, -0.2) is 89.7 Å². The van der Waals surface area contributed by atoms with Gasteiger partial charge in [0.25, 0.3) is 11.8 Å². The number of nitrogens with zero attached hydrogens (tertiary/aromatic N) is 5. The van der Waals surface area contributed by atoms with Gasteiger partial charge in [-0.25, -0.2) is 0 Å². The molecule has 1 atom stereocenters. The van der Waals surface area contributed by atoms with E-state index in [1.807, 2.05) is 13.0 Å². The van der Waals surface area contributed by atoms with Crippen molar-refractivity contribution < 1.29 is 28.7 Å². The van der Waals surface area contributed by atoms with Gasteiger partial charge in [-0.1, -0.05) is 0 Å². The van der Waals surface area contributed by atoms with Crippen molar-refractivity contribution in [3.63, 3.8) is 0 Å². The van der Waals surface area contributed by atoms with Crippen LogP contribution in [-0.2, 0) is 23.7 Å². The maximum atomic E-state index is 12.9. The minimum atomic E-state index is -0.374. The molecule has 0 radical (unpaired) electrons. The minimum Gasteiger partial charge on any atom is -0.493 e. The third kappa shape index (κ3) is 8.11. The molecule has 0 bridgehead atoms. The summed E-state index contributed by atoms with van der Waals surface area (Å²) in [5.41, 5.74) is 3.40. The van der Waals surface area contributed by atoms with Crippen molar-refractivity contribution in [1.29, 1.82) is 0 Å². The Bertz CT molecular complexity index is 1590. The van der Waals surface area contributed by atoms with Gasteiger partial charge in [-0.15, -0.1) is 0 Å². The third-order valence-electron chi connectivity index (χ3n) is 7.56. The van der Waals surface area contributed by atoms with E-state index in [0.717, 1.165) is 37.0 Å². The molecule has 240 valence electrons. The average Bonchev–Trinajstić information content (AvgIpc) is 3.72. The molecule has 2 aromatic heterocycles. The number of likely N-dealkylation sites (tertiary alicyclic amines) is 1. The lowest BCUT2D eigenvalue weighted by atomic mass is 10.1. The lowest BCUT2D eigenvalue weighted by molar-refractivity contribution is -0.118. The number of hydrogen-bond donors (Lipinski definition) is 2. The molecule has 1 fully saturated rings. The van der Waals surface area contributed by atoms with Crippen LogP contribution in [0.3, 0.4) is 0 Å². The van der Waals surface area contributed by atoms with Crippen LogP contribution in [0.4, 0.5) is 17.1 Å². The number of methoxy groups -OCH3 is 1. The fourth-order valence-corrected chi connectivity index (χ4v) is 5.10. The van der Waals surface area contributed by atoms with Crippen LogP contribution in [0.25, 0.3) is 0 Å². The van der Waals surface area contributed by atoms with Crippen molar-refractivity contribution in [3.05, 3.63) is 53.6 Å². The van der Waals surface area contributed by atoms with Gasteiger partial charge in [0.15, 0.2) is 11.5 Å². The molecular formula is C32H41N7O6. The monoisotopic (exact) mass is 619 g/mol. The van der Waals surface area contributed by atoms with E-state index in [2.05, 4.69) is 15.6 Å². The average molecular weight is 620 g/mol. The van der Waals surface area contributed by atoms with Crippen LogP contribution in [0, 0.1) is 6.92 Å². The highest BCUT2D eigenvalue weighted by Gasteiger charge is 2.21. The zero-order chi connectivity index (χ0) is 32.7. The van der Waals surface area contributed by atoms with E-state index in [4.69, 9.17) is 9.47 Å². The van der Waals surface area contributed by atoms with Crippen LogP contribution in [0.2, 0.25) is 0 Å². The van der Waals surface area contributed by atoms with E-state index in [-0.39, 0.29) is 36.8 Å². The Morgan fingerprint density at radius 3 is 2.40 bits per heavy atom. The molecule has 2 N–H and O–H groups in total. The van der Waals surface area contributed by atoms with E-state index in [1.165, 1.54) is 4.90 Å². The molecule has 3 heterocycles. The Morgan fingerprint density at radius 2 is 1.71 bits per heavy atom. The molecule has 1 aliphatic heterocycles. The highest BCUT2D eigenvalue weighted by Crippen LogP contribution is 2.35. The maximum absolute atomic E-state index is 12.9. The Balaban J connectivity index is 1.29. The smallest absolute Gasteiger partial charge is 0.272 e. The molecular weight excluding hydrogens is 578 g/mol. The molecule has 0 aliphatic carbocycles. The summed E-state index contributed by atoms with van der Waals surface area (Å²) in [7, 11) is 8.34. The largest absolute Gasteiger partial charge is 0.493 e. The molecule has 45 heavy (non-hydrogen) atoms. The molecule has 13 heteroatoms. The topological polar surface area (TPSA) is 140 Å². The second kappa shape index (κ2) is 14.6. The summed E-state index contributed by atoms with van der Waals surface area (Å²) in [6.45, 7) is 2.94. The molecule has 3 aromatic rings. The van der Waals surface area contributed by atoms with E-state index in [1.54, 1.807) is 86.1 Å². The van der Waals surface area contributed by atoms with Gasteiger partial charge in [0, 0.05) is 65.8 Å². The molecule has 1 saturated heterocycles. The first-order valence-electron chi connectivity index (χ1n) is 14.7. The predicted molar refractivity (Wildman–Crippen MR) is 172 cm³/mol. The first-order chi connectivity index (χ1) is 21.5. The fourth-order valence-electron chi connectivity index (χ4n) is 5.10. The quantitative estimate of drug-likeness (QED) is 0.170. The van der Waals surface area contributed by atoms with Crippen molar-refractivity contribution >= 4 is 47.4 Å². The summed E-state index contributed by atoms with van der Waals surface area (Å²) in [5, 5.41) is 5.64. The number of aliphatic imine (C=N–C) groups is 1. The Kier molecular flexibility index (Phi) is 10.7. The number of hydrogen-bond acceptors (Lipinski definition) is 7. The second-order valence-electron chi connectivity index (χ2n) is 11.2. The summed E-state index contributed by atoms with van der Waals surface area (Å²) < 4.78 is 14.7. The second-order valence-corrected chi connectivity index (χ2v) is 11.2. The SMILES string of the molecule is COc1cc(C)c(/N=C\C2CCCN2C=O)cc1OCCCC(=O)Nc1cc(C(=O)Nc2cc(C(=O)N(C)C)n(C)c2)n(C)c1. The first kappa shape index (κ1) is 32.8. The van der Waals surface area contributed by atoms with Crippen molar-refractivity contribution in [2.45, 2.75) is 38.6 Å². The lowest BCUT2D eigenvalue weighted by Gasteiger charge is -2.16. The third-order valence-corrected chi connectivity index (χ3v) is 7.56. The van der Waals surface area contributed by atoms with Gasteiger partial charge in [-0.2, -0.15) is 0 Å². The number of amides is 4. The van der Waals surface area contributed by atoms with Crippen molar-refractivity contribution in [1.82, 2.24) is 18.9 Å². The first-order valence-corrected chi connectivity index (χ1v) is 14.7. The molecule has 0 spiro atoms. The number of carbonyl (C=O) groups is 4. The summed E-state index contributed by atoms with van der Waals surface area (Å²) in [6.07, 6.45) is 8.48. The van der Waals surface area contributed by atoms with Gasteiger partial charge in [0.2, 0.25) is 12.3 Å². The van der Waals surface area contributed by atoms with Crippen LogP contribution >= 0.6 is 0 Å². The number of aromatic nitrogens is 2. The normalized spacial score (nSPS) is 14.4. The van der Waals surface area contributed by atoms with Crippen LogP contribution in [0.1, 0.15) is 52.2 Å². The van der Waals surface area contributed by atoms with E-state index >= 15 is 0 Å². The van der Waals surface area contributed by atoms with Crippen LogP contribution < -0.4 is 20.1 Å². The molecule has 13 nitrogen and oxygen atoms in total. The van der Waals surface area contributed by atoms with Gasteiger partial charge in [-0.05, 0) is 49.9 Å². The number of benzene rings is 1. The lowest BCUT2D eigenvalue weighted by Crippen LogP contribution is -2.28. The van der Waals surface area contributed by atoms with Gasteiger partial charge in [0.1, 0.15) is 11.4 Å². The predicted octanol–water partition coefficient (Wildman–Crippen LogP) is 3.76. The molecule has 4 rings (SSSR count). The van der Waals surface area contributed by atoms with Crippen molar-refractivity contribution in [2.75, 3.05) is 45.0 Å². The number of anilines is 2. The maximum Gasteiger partial charge on any atom is 0.272 e. The highest BCUT2D eigenvalue weighted by molar-refractivity contribution is 6.05. The Morgan fingerprint density at radius 1 is 1.02 bits per heavy atom. The minimum absolute atomic E-state index is 0.0148. The molecule has 1 aromatic carbocycles. The fraction of sp³-hybridized carbons (Fsp3) is 0.406. The van der Waals surface area contributed by atoms with E-state index < -0.39 is 0 Å². The number of aryl methyl sites for hydroxylation is 3. The molecule has 1 aliphatic rings. The zero-order valence-electron chi connectivity index (χ0n) is 26.6. The summed E-state index contributed by atoms with van der Waals surface area (Å²) in [4.78, 5) is 57.0. The van der Waals surface area contributed by atoms with E-state index in [0.29, 0.717) is 40.7 Å². The molecule has 0 saturated carbocycles. The standard InChI is InChI=1S/C32H41N7O6/c1-21-13-28(44-6)29(16-25(21)33-17-24-9-7-11-39(24)20-40)45-12-8-10-30(41)34-22-14-26(37(4)18-22)31(42)35-23-15-27(38(5)19-23)32(43)36(2)3/h13-20,24H,7-12H2,1-6H3,(H,34,41)(H,35,42)/b33-17-. The Labute approximate surface area is 262 Å². The number of carbonyl (C=O) groups excluding carboxylic acids is 4. The van der Waals surface area contributed by atoms with E-state index in [9.17, 15) is 19.2 Å². The summed E-state index contributed by atoms with van der Waals surface area (Å²) >= 11 is 0. The number of rotatable bonds is 13. The summed E-state index contributed by atoms with van der Waals surface area (Å²) in [6, 6.07) is 6.85. The van der Waals surface area contributed by atoms with Gasteiger partial charge >= 0.3 is 0 Å².